The van der Waals surface area contributed by atoms with Crippen molar-refractivity contribution in [2.24, 2.45) is 17.3 Å². The van der Waals surface area contributed by atoms with E-state index in [-0.39, 0.29) is 22.7 Å². The van der Waals surface area contributed by atoms with Gasteiger partial charge in [-0.05, 0) is 169 Å². The zero-order valence-corrected chi connectivity index (χ0v) is 40.7. The Hall–Kier alpha value is -5.87. The van der Waals surface area contributed by atoms with Crippen molar-refractivity contribution in [3.05, 3.63) is 213 Å². The van der Waals surface area contributed by atoms with Crippen LogP contribution >= 0.6 is 0 Å². The van der Waals surface area contributed by atoms with Crippen LogP contribution in [0.25, 0.3) is 11.8 Å². The lowest BCUT2D eigenvalue weighted by molar-refractivity contribution is 0.514. The van der Waals surface area contributed by atoms with Crippen LogP contribution in [0.15, 0.2) is 146 Å². The summed E-state index contributed by atoms with van der Waals surface area (Å²) in [7, 11) is 0. The number of aryl methyl sites for hydroxylation is 4. The predicted octanol–water partition coefficient (Wildman–Crippen LogP) is 14.4. The second-order valence-electron chi connectivity index (χ2n) is 20.1. The topological polar surface area (TPSA) is 0 Å². The van der Waals surface area contributed by atoms with Crippen LogP contribution in [0.5, 0.6) is 0 Å². The van der Waals surface area contributed by atoms with Gasteiger partial charge >= 0.3 is 0 Å². The third kappa shape index (κ3) is 9.92. The molecule has 0 heteroatoms. The van der Waals surface area contributed by atoms with Crippen molar-refractivity contribution in [2.75, 3.05) is 0 Å². The molecule has 2 unspecified atom stereocenters. The van der Waals surface area contributed by atoms with Gasteiger partial charge in [-0.2, -0.15) is 0 Å². The van der Waals surface area contributed by atoms with Crippen LogP contribution in [-0.2, 0) is 5.41 Å². The molecular formula is C62H67+3. The molecular weight excluding hydrogens is 745 g/mol. The Labute approximate surface area is 375 Å². The maximum absolute atomic E-state index is 3.81. The number of hydrogen-bond donors (Lipinski definition) is 0. The minimum absolute atomic E-state index is 0.0945. The number of allylic oxidation sites excluding steroid dienone is 13. The van der Waals surface area contributed by atoms with Gasteiger partial charge in [0, 0.05) is 81.6 Å². The summed E-state index contributed by atoms with van der Waals surface area (Å²) in [5, 5.41) is 2.29. The maximum Gasteiger partial charge on any atom is 0.188 e. The quantitative estimate of drug-likeness (QED) is 0.137. The molecule has 3 aliphatic rings. The minimum Gasteiger partial charge on any atom is -0.0651 e. The van der Waals surface area contributed by atoms with E-state index in [1.54, 1.807) is 0 Å². The van der Waals surface area contributed by atoms with Gasteiger partial charge in [0.05, 0.1) is 45.9 Å². The third-order valence-electron chi connectivity index (χ3n) is 12.9. The van der Waals surface area contributed by atoms with E-state index in [9.17, 15) is 0 Å². The molecule has 6 rings (SSSR count). The molecule has 0 fully saturated rings. The van der Waals surface area contributed by atoms with Crippen LogP contribution < -0.4 is 10.4 Å². The summed E-state index contributed by atoms with van der Waals surface area (Å²) in [6.45, 7) is 38.1. The van der Waals surface area contributed by atoms with Crippen LogP contribution in [0.4, 0.5) is 0 Å². The Bertz CT molecular complexity index is 2780. The summed E-state index contributed by atoms with van der Waals surface area (Å²) in [6.07, 6.45) is 15.3. The van der Waals surface area contributed by atoms with Crippen molar-refractivity contribution < 1.29 is 0 Å². The van der Waals surface area contributed by atoms with Crippen LogP contribution in [0.1, 0.15) is 129 Å². The molecule has 3 aliphatic carbocycles. The van der Waals surface area contributed by atoms with Gasteiger partial charge in [-0.3, -0.25) is 0 Å². The highest BCUT2D eigenvalue weighted by Crippen LogP contribution is 2.42. The van der Waals surface area contributed by atoms with Gasteiger partial charge in [0.15, 0.2) is 16.7 Å². The smallest absolute Gasteiger partial charge is 0.0651 e. The predicted molar refractivity (Wildman–Crippen MR) is 266 cm³/mol. The average Bonchev–Trinajstić information content (AvgIpc) is 3.17. The third-order valence-corrected chi connectivity index (χ3v) is 12.9. The van der Waals surface area contributed by atoms with E-state index < -0.39 is 0 Å². The van der Waals surface area contributed by atoms with Crippen LogP contribution in [0, 0.1) is 74.7 Å². The molecule has 0 aromatic heterocycles. The molecule has 312 valence electrons. The first-order chi connectivity index (χ1) is 29.0. The van der Waals surface area contributed by atoms with Crippen LogP contribution in [-0.4, -0.2) is 0 Å². The Kier molecular flexibility index (Phi) is 13.1. The van der Waals surface area contributed by atoms with Gasteiger partial charge in [-0.15, -0.1) is 0 Å². The van der Waals surface area contributed by atoms with Crippen molar-refractivity contribution in [1.82, 2.24) is 0 Å². The van der Waals surface area contributed by atoms with E-state index >= 15 is 0 Å². The van der Waals surface area contributed by atoms with Gasteiger partial charge in [-0.25, -0.2) is 0 Å². The standard InChI is InChI=1S/C62H67/c1-38-27-50(28-39(2)56(38)36-58-42(5)31-52(32-43(58)6)61(12,13)14)23-25-54-46(9)55(48(11)60(47(54)10)35-49-21-19-18-20-22-49)26-24-51-29-40(3)57(41(4)30-51)37-59-44(7)33-53(34-45(59)8)62(15,16)17/h18-22,27-34,36,47-48H,1-17H3/q+3. The molecule has 2 atom stereocenters. The van der Waals surface area contributed by atoms with Crippen molar-refractivity contribution in [1.29, 1.82) is 0 Å². The van der Waals surface area contributed by atoms with Crippen molar-refractivity contribution in [3.8, 4) is 11.8 Å². The molecule has 0 N–H and O–H groups in total. The summed E-state index contributed by atoms with van der Waals surface area (Å²) >= 11 is 0. The average molecular weight is 812 g/mol. The van der Waals surface area contributed by atoms with Gasteiger partial charge < -0.3 is 0 Å². The zero-order chi connectivity index (χ0) is 45.4. The molecule has 62 heavy (non-hydrogen) atoms. The Morgan fingerprint density at radius 2 is 1.27 bits per heavy atom. The Balaban J connectivity index is 1.44. The molecule has 0 saturated heterocycles. The molecule has 3 aromatic rings. The van der Waals surface area contributed by atoms with Crippen molar-refractivity contribution in [3.63, 3.8) is 0 Å². The molecule has 0 radical (unpaired) electrons. The highest BCUT2D eigenvalue weighted by atomic mass is 14.3. The van der Waals surface area contributed by atoms with Crippen molar-refractivity contribution in [2.45, 2.75) is 123 Å². The second kappa shape index (κ2) is 17.8. The highest BCUT2D eigenvalue weighted by molar-refractivity contribution is 5.65. The fourth-order valence-electron chi connectivity index (χ4n) is 9.07. The molecule has 0 aliphatic heterocycles. The summed E-state index contributed by atoms with van der Waals surface area (Å²) in [5.74, 6) is 9.76. The first-order valence-corrected chi connectivity index (χ1v) is 22.4. The molecule has 3 aromatic carbocycles. The lowest BCUT2D eigenvalue weighted by Gasteiger charge is -2.27. The van der Waals surface area contributed by atoms with E-state index in [2.05, 4.69) is 238 Å². The highest BCUT2D eigenvalue weighted by Gasteiger charge is 2.35. The molecule has 0 saturated carbocycles. The fraction of sp³-hybridized carbons (Fsp3) is 0.339. The summed E-state index contributed by atoms with van der Waals surface area (Å²) in [6, 6.07) is 19.7. The summed E-state index contributed by atoms with van der Waals surface area (Å²) in [5.41, 5.74) is 32.1. The number of hydrogen-bond acceptors (Lipinski definition) is 0. The molecule has 0 spiro atoms. The van der Waals surface area contributed by atoms with Gasteiger partial charge in [0.25, 0.3) is 0 Å². The van der Waals surface area contributed by atoms with E-state index in [1.807, 2.05) is 0 Å². The van der Waals surface area contributed by atoms with Crippen LogP contribution in [0.2, 0.25) is 0 Å². The number of rotatable bonds is 2. The van der Waals surface area contributed by atoms with Gasteiger partial charge in [-0.1, -0.05) is 58.2 Å². The molecule has 0 nitrogen and oxygen atoms in total. The van der Waals surface area contributed by atoms with E-state index in [4.69, 9.17) is 0 Å². The summed E-state index contributed by atoms with van der Waals surface area (Å²) in [4.78, 5) is 0. The fourth-order valence-corrected chi connectivity index (χ4v) is 9.07. The second-order valence-corrected chi connectivity index (χ2v) is 20.1. The number of benzene rings is 3. The SMILES string of the molecule is CC1=C[C+](C#CC2=C(C)C(=C=C=c3cc(C)c(=Cc4c(C)cc(C(C)(C)C)cc4C)c(C)c3)C(C)C(=[C+]c3ccccc3)C2C)C=C(C)C1=C=C1C(C)=CC(C(C)(C)C)=C[C+]1C. The Morgan fingerprint density at radius 3 is 1.82 bits per heavy atom. The lowest BCUT2D eigenvalue weighted by atomic mass is 9.71. The zero-order valence-electron chi connectivity index (χ0n) is 40.7. The first kappa shape index (κ1) is 45.7. The monoisotopic (exact) mass is 812 g/mol. The van der Waals surface area contributed by atoms with Gasteiger partial charge in [0.1, 0.15) is 5.92 Å². The van der Waals surface area contributed by atoms with E-state index in [1.165, 1.54) is 83.5 Å². The molecule has 0 heterocycles. The first-order valence-electron chi connectivity index (χ1n) is 22.4. The van der Waals surface area contributed by atoms with E-state index in [0.29, 0.717) is 0 Å². The minimum atomic E-state index is 0.0945. The Morgan fingerprint density at radius 1 is 0.677 bits per heavy atom. The van der Waals surface area contributed by atoms with Crippen molar-refractivity contribution >= 4 is 11.8 Å². The molecule has 0 amide bonds. The summed E-state index contributed by atoms with van der Waals surface area (Å²) < 4.78 is 0. The van der Waals surface area contributed by atoms with Gasteiger partial charge in [0.2, 0.25) is 0 Å². The van der Waals surface area contributed by atoms with Crippen LogP contribution in [0.3, 0.4) is 0 Å². The van der Waals surface area contributed by atoms with E-state index in [0.717, 1.165) is 33.4 Å². The molecule has 0 bridgehead atoms. The maximum atomic E-state index is 3.81. The largest absolute Gasteiger partial charge is 0.188 e. The normalized spacial score (nSPS) is 18.8. The lowest BCUT2D eigenvalue weighted by Crippen LogP contribution is -2.21.